The minimum Gasteiger partial charge on any atom is -0.305 e. The Morgan fingerprint density at radius 2 is 2.00 bits per heavy atom. The van der Waals surface area contributed by atoms with Crippen LogP contribution in [0.15, 0.2) is 36.7 Å². The first kappa shape index (κ1) is 13.3. The van der Waals surface area contributed by atoms with Crippen LogP contribution in [-0.2, 0) is 0 Å². The summed E-state index contributed by atoms with van der Waals surface area (Å²) < 4.78 is 1.82. The third-order valence-corrected chi connectivity index (χ3v) is 3.40. The Kier molecular flexibility index (Phi) is 3.17. The Morgan fingerprint density at radius 3 is 2.76 bits per heavy atom. The van der Waals surface area contributed by atoms with E-state index in [4.69, 9.17) is 0 Å². The van der Waals surface area contributed by atoms with E-state index in [1.807, 2.05) is 55.6 Å². The number of nitrogens with one attached hydrogen (secondary N) is 1. The summed E-state index contributed by atoms with van der Waals surface area (Å²) in [5.41, 5.74) is 4.00. The standard InChI is InChI=1S/C16H16N4O/c1-10-6-7-13-18-12(3)14(20(13)9-10)16(21)19-15-11(2)5-4-8-17-15/h4-9H,1-3H3,(H,17,19,21). The molecule has 0 spiro atoms. The quantitative estimate of drug-likeness (QED) is 0.785. The number of rotatable bonds is 2. The molecule has 0 aromatic carbocycles. The van der Waals surface area contributed by atoms with Crippen molar-refractivity contribution in [2.75, 3.05) is 5.32 Å². The molecule has 0 unspecified atom stereocenters. The molecule has 0 bridgehead atoms. The van der Waals surface area contributed by atoms with Crippen molar-refractivity contribution in [3.63, 3.8) is 0 Å². The number of fused-ring (bicyclic) bond motifs is 1. The van der Waals surface area contributed by atoms with Crippen LogP contribution in [0.1, 0.15) is 27.3 Å². The van der Waals surface area contributed by atoms with Crippen LogP contribution in [0.2, 0.25) is 0 Å². The van der Waals surface area contributed by atoms with Gasteiger partial charge in [-0.2, -0.15) is 0 Å². The van der Waals surface area contributed by atoms with Gasteiger partial charge in [-0.1, -0.05) is 12.1 Å². The SMILES string of the molecule is Cc1ccc2nc(C)c(C(=O)Nc3ncccc3C)n2c1. The van der Waals surface area contributed by atoms with Gasteiger partial charge in [0.1, 0.15) is 17.2 Å². The Labute approximate surface area is 122 Å². The predicted octanol–water partition coefficient (Wildman–Crippen LogP) is 2.91. The fraction of sp³-hybridized carbons (Fsp3) is 0.188. The average Bonchev–Trinajstić information content (AvgIpc) is 2.76. The van der Waals surface area contributed by atoms with Crippen LogP contribution in [-0.4, -0.2) is 20.3 Å². The van der Waals surface area contributed by atoms with Gasteiger partial charge in [-0.15, -0.1) is 0 Å². The van der Waals surface area contributed by atoms with Crippen molar-refractivity contribution in [1.82, 2.24) is 14.4 Å². The highest BCUT2D eigenvalue weighted by Crippen LogP contribution is 2.16. The minimum absolute atomic E-state index is 0.201. The fourth-order valence-electron chi connectivity index (χ4n) is 2.33. The number of imidazole rings is 1. The van der Waals surface area contributed by atoms with E-state index in [-0.39, 0.29) is 5.91 Å². The number of aromatic nitrogens is 3. The molecule has 1 N–H and O–H groups in total. The van der Waals surface area contributed by atoms with Crippen LogP contribution in [0.5, 0.6) is 0 Å². The number of aryl methyl sites for hydroxylation is 3. The highest BCUT2D eigenvalue weighted by atomic mass is 16.2. The molecule has 21 heavy (non-hydrogen) atoms. The zero-order valence-corrected chi connectivity index (χ0v) is 12.2. The van der Waals surface area contributed by atoms with Crippen molar-refractivity contribution in [2.24, 2.45) is 0 Å². The normalized spacial score (nSPS) is 10.8. The first-order valence-electron chi connectivity index (χ1n) is 6.74. The summed E-state index contributed by atoms with van der Waals surface area (Å²) in [7, 11) is 0. The molecule has 3 rings (SSSR count). The number of hydrogen-bond donors (Lipinski definition) is 1. The third-order valence-electron chi connectivity index (χ3n) is 3.40. The molecule has 5 nitrogen and oxygen atoms in total. The minimum atomic E-state index is -0.201. The summed E-state index contributed by atoms with van der Waals surface area (Å²) >= 11 is 0. The molecule has 0 saturated carbocycles. The first-order valence-corrected chi connectivity index (χ1v) is 6.74. The molecule has 0 aliphatic rings. The third kappa shape index (κ3) is 2.38. The number of carbonyl (C=O) groups excluding carboxylic acids is 1. The van der Waals surface area contributed by atoms with Crippen LogP contribution in [0.25, 0.3) is 5.65 Å². The van der Waals surface area contributed by atoms with Crippen LogP contribution in [0, 0.1) is 20.8 Å². The van der Waals surface area contributed by atoms with E-state index < -0.39 is 0 Å². The van der Waals surface area contributed by atoms with Crippen LogP contribution < -0.4 is 5.32 Å². The summed E-state index contributed by atoms with van der Waals surface area (Å²) in [6.45, 7) is 5.73. The molecule has 3 aromatic heterocycles. The van der Waals surface area contributed by atoms with E-state index in [0.717, 1.165) is 16.8 Å². The van der Waals surface area contributed by atoms with Crippen molar-refractivity contribution in [1.29, 1.82) is 0 Å². The zero-order valence-electron chi connectivity index (χ0n) is 12.2. The summed E-state index contributed by atoms with van der Waals surface area (Å²) in [6, 6.07) is 7.64. The molecule has 3 aromatic rings. The molecule has 0 radical (unpaired) electrons. The molecule has 0 aliphatic carbocycles. The average molecular weight is 280 g/mol. The summed E-state index contributed by atoms with van der Waals surface area (Å²) in [5, 5.41) is 2.85. The Morgan fingerprint density at radius 1 is 1.19 bits per heavy atom. The summed E-state index contributed by atoms with van der Waals surface area (Å²) in [4.78, 5) is 21.2. The fourth-order valence-corrected chi connectivity index (χ4v) is 2.33. The lowest BCUT2D eigenvalue weighted by Gasteiger charge is -2.07. The largest absolute Gasteiger partial charge is 0.305 e. The Balaban J connectivity index is 2.04. The maximum Gasteiger partial charge on any atom is 0.275 e. The number of anilines is 1. The molecule has 0 saturated heterocycles. The zero-order chi connectivity index (χ0) is 15.0. The molecule has 0 aliphatic heterocycles. The van der Waals surface area contributed by atoms with E-state index in [2.05, 4.69) is 15.3 Å². The lowest BCUT2D eigenvalue weighted by atomic mass is 10.2. The molecule has 3 heterocycles. The van der Waals surface area contributed by atoms with Gasteiger partial charge in [0.25, 0.3) is 5.91 Å². The molecule has 1 amide bonds. The molecular weight excluding hydrogens is 264 g/mol. The van der Waals surface area contributed by atoms with E-state index in [1.54, 1.807) is 6.20 Å². The number of pyridine rings is 2. The van der Waals surface area contributed by atoms with Gasteiger partial charge in [0, 0.05) is 12.4 Å². The number of hydrogen-bond acceptors (Lipinski definition) is 3. The van der Waals surface area contributed by atoms with Gasteiger partial charge in [-0.3, -0.25) is 9.20 Å². The van der Waals surface area contributed by atoms with Gasteiger partial charge in [0.15, 0.2) is 0 Å². The van der Waals surface area contributed by atoms with E-state index >= 15 is 0 Å². The van der Waals surface area contributed by atoms with E-state index in [9.17, 15) is 4.79 Å². The number of amides is 1. The Hall–Kier alpha value is -2.69. The van der Waals surface area contributed by atoms with Gasteiger partial charge in [0.05, 0.1) is 5.69 Å². The second-order valence-corrected chi connectivity index (χ2v) is 5.10. The number of nitrogens with zero attached hydrogens (tertiary/aromatic N) is 3. The summed E-state index contributed by atoms with van der Waals surface area (Å²) in [6.07, 6.45) is 3.57. The first-order chi connectivity index (χ1) is 10.1. The molecule has 0 fully saturated rings. The van der Waals surface area contributed by atoms with Crippen molar-refractivity contribution in [2.45, 2.75) is 20.8 Å². The number of carbonyl (C=O) groups is 1. The monoisotopic (exact) mass is 280 g/mol. The molecule has 5 heteroatoms. The lowest BCUT2D eigenvalue weighted by Crippen LogP contribution is -2.17. The van der Waals surface area contributed by atoms with Gasteiger partial charge in [-0.05, 0) is 44.0 Å². The van der Waals surface area contributed by atoms with Crippen LogP contribution >= 0.6 is 0 Å². The highest BCUT2D eigenvalue weighted by Gasteiger charge is 2.17. The lowest BCUT2D eigenvalue weighted by molar-refractivity contribution is 0.102. The van der Waals surface area contributed by atoms with E-state index in [0.29, 0.717) is 17.2 Å². The molecule has 0 atom stereocenters. The molecular formula is C16H16N4O. The van der Waals surface area contributed by atoms with Gasteiger partial charge < -0.3 is 5.32 Å². The highest BCUT2D eigenvalue weighted by molar-refractivity contribution is 6.04. The van der Waals surface area contributed by atoms with Gasteiger partial charge in [-0.25, -0.2) is 9.97 Å². The molecule has 106 valence electrons. The van der Waals surface area contributed by atoms with Crippen molar-refractivity contribution >= 4 is 17.4 Å². The summed E-state index contributed by atoms with van der Waals surface area (Å²) in [5.74, 6) is 0.372. The predicted molar refractivity (Wildman–Crippen MR) is 81.6 cm³/mol. The van der Waals surface area contributed by atoms with Crippen LogP contribution in [0.3, 0.4) is 0 Å². The second kappa shape index (κ2) is 5.01. The van der Waals surface area contributed by atoms with E-state index in [1.165, 1.54) is 0 Å². The maximum absolute atomic E-state index is 12.6. The Bertz CT molecular complexity index is 835. The topological polar surface area (TPSA) is 59.3 Å². The van der Waals surface area contributed by atoms with Crippen molar-refractivity contribution in [3.05, 3.63) is 59.2 Å². The van der Waals surface area contributed by atoms with Crippen LogP contribution in [0.4, 0.5) is 5.82 Å². The maximum atomic E-state index is 12.6. The van der Waals surface area contributed by atoms with Gasteiger partial charge >= 0.3 is 0 Å². The smallest absolute Gasteiger partial charge is 0.275 e. The van der Waals surface area contributed by atoms with Crippen molar-refractivity contribution in [3.8, 4) is 0 Å². The van der Waals surface area contributed by atoms with Crippen molar-refractivity contribution < 1.29 is 4.79 Å². The second-order valence-electron chi connectivity index (χ2n) is 5.10. The van der Waals surface area contributed by atoms with Gasteiger partial charge in [0.2, 0.25) is 0 Å².